The average Bonchev–Trinajstić information content (AvgIpc) is 2.48. The van der Waals surface area contributed by atoms with Gasteiger partial charge >= 0.3 is 0 Å². The van der Waals surface area contributed by atoms with Gasteiger partial charge in [-0.3, -0.25) is 0 Å². The standard InChI is InChI=1S/C18H30N2O/c1-15(2)12-19-13-17-7-3-4-8-18(17)20-10-5-6-16(14-20)9-11-21/h3-4,7-8,15-16,19,21H,5-6,9-14H2,1-2H3. The zero-order valence-corrected chi connectivity index (χ0v) is 13.5. The molecular formula is C18H30N2O. The number of para-hydroxylation sites is 1. The number of rotatable bonds is 7. The van der Waals surface area contributed by atoms with E-state index in [4.69, 9.17) is 5.11 Å². The fraction of sp³-hybridized carbons (Fsp3) is 0.667. The molecule has 2 rings (SSSR count). The summed E-state index contributed by atoms with van der Waals surface area (Å²) in [6.07, 6.45) is 3.42. The van der Waals surface area contributed by atoms with Crippen molar-refractivity contribution in [1.29, 1.82) is 0 Å². The summed E-state index contributed by atoms with van der Waals surface area (Å²) in [6, 6.07) is 8.74. The molecular weight excluding hydrogens is 260 g/mol. The van der Waals surface area contributed by atoms with Gasteiger partial charge in [-0.25, -0.2) is 0 Å². The number of hydrogen-bond acceptors (Lipinski definition) is 3. The minimum atomic E-state index is 0.316. The molecule has 1 unspecified atom stereocenters. The fourth-order valence-electron chi connectivity index (χ4n) is 3.17. The summed E-state index contributed by atoms with van der Waals surface area (Å²) in [5.41, 5.74) is 2.76. The van der Waals surface area contributed by atoms with Crippen LogP contribution < -0.4 is 10.2 Å². The van der Waals surface area contributed by atoms with Crippen molar-refractivity contribution in [2.75, 3.05) is 31.1 Å². The Morgan fingerprint density at radius 1 is 1.33 bits per heavy atom. The van der Waals surface area contributed by atoms with Crippen LogP contribution >= 0.6 is 0 Å². The second-order valence-electron chi connectivity index (χ2n) is 6.62. The molecule has 1 aliphatic heterocycles. The molecule has 0 bridgehead atoms. The molecule has 0 aromatic heterocycles. The summed E-state index contributed by atoms with van der Waals surface area (Å²) >= 11 is 0. The molecule has 0 saturated carbocycles. The molecule has 1 fully saturated rings. The van der Waals surface area contributed by atoms with Crippen molar-refractivity contribution in [2.45, 2.75) is 39.7 Å². The number of aliphatic hydroxyl groups excluding tert-OH is 1. The second-order valence-corrected chi connectivity index (χ2v) is 6.62. The monoisotopic (exact) mass is 290 g/mol. The number of hydrogen-bond donors (Lipinski definition) is 2. The maximum atomic E-state index is 9.17. The second kappa shape index (κ2) is 8.40. The van der Waals surface area contributed by atoms with Gasteiger partial charge in [0.05, 0.1) is 0 Å². The summed E-state index contributed by atoms with van der Waals surface area (Å²) in [5.74, 6) is 1.32. The highest BCUT2D eigenvalue weighted by Gasteiger charge is 2.21. The van der Waals surface area contributed by atoms with Crippen LogP contribution in [-0.4, -0.2) is 31.3 Å². The molecule has 3 heteroatoms. The Kier molecular flexibility index (Phi) is 6.52. The van der Waals surface area contributed by atoms with Crippen molar-refractivity contribution >= 4 is 5.69 Å². The zero-order valence-electron chi connectivity index (χ0n) is 13.5. The Morgan fingerprint density at radius 3 is 2.90 bits per heavy atom. The Bertz CT molecular complexity index is 417. The van der Waals surface area contributed by atoms with E-state index >= 15 is 0 Å². The molecule has 21 heavy (non-hydrogen) atoms. The van der Waals surface area contributed by atoms with E-state index in [-0.39, 0.29) is 0 Å². The van der Waals surface area contributed by atoms with Crippen LogP contribution in [0.25, 0.3) is 0 Å². The fourth-order valence-corrected chi connectivity index (χ4v) is 3.17. The van der Waals surface area contributed by atoms with Crippen molar-refractivity contribution < 1.29 is 5.11 Å². The maximum Gasteiger partial charge on any atom is 0.0434 e. The molecule has 3 nitrogen and oxygen atoms in total. The minimum absolute atomic E-state index is 0.316. The summed E-state index contributed by atoms with van der Waals surface area (Å²) in [7, 11) is 0. The Labute approximate surface area is 129 Å². The number of piperidine rings is 1. The molecule has 1 atom stereocenters. The van der Waals surface area contributed by atoms with Crippen LogP contribution in [0.2, 0.25) is 0 Å². The quantitative estimate of drug-likeness (QED) is 0.810. The Hall–Kier alpha value is -1.06. The van der Waals surface area contributed by atoms with E-state index in [0.29, 0.717) is 18.4 Å². The largest absolute Gasteiger partial charge is 0.396 e. The number of aliphatic hydroxyl groups is 1. The molecule has 1 aromatic rings. The smallest absolute Gasteiger partial charge is 0.0434 e. The van der Waals surface area contributed by atoms with Gasteiger partial charge in [0, 0.05) is 31.9 Å². The van der Waals surface area contributed by atoms with Crippen molar-refractivity contribution in [3.8, 4) is 0 Å². The first-order valence-corrected chi connectivity index (χ1v) is 8.35. The molecule has 0 amide bonds. The summed E-state index contributed by atoms with van der Waals surface area (Å²) in [4.78, 5) is 2.51. The van der Waals surface area contributed by atoms with Crippen LogP contribution in [-0.2, 0) is 6.54 Å². The SMILES string of the molecule is CC(C)CNCc1ccccc1N1CCCC(CCO)C1. The first-order chi connectivity index (χ1) is 10.2. The van der Waals surface area contributed by atoms with Gasteiger partial charge < -0.3 is 15.3 Å². The third-order valence-corrected chi connectivity index (χ3v) is 4.26. The highest BCUT2D eigenvalue weighted by molar-refractivity contribution is 5.54. The Morgan fingerprint density at radius 2 is 2.14 bits per heavy atom. The van der Waals surface area contributed by atoms with Gasteiger partial charge in [0.2, 0.25) is 0 Å². The lowest BCUT2D eigenvalue weighted by atomic mass is 9.94. The van der Waals surface area contributed by atoms with Crippen molar-refractivity contribution in [3.63, 3.8) is 0 Å². The van der Waals surface area contributed by atoms with E-state index in [0.717, 1.165) is 32.6 Å². The van der Waals surface area contributed by atoms with Gasteiger partial charge in [-0.05, 0) is 49.3 Å². The lowest BCUT2D eigenvalue weighted by Crippen LogP contribution is -2.36. The first kappa shape index (κ1) is 16.3. The third kappa shape index (κ3) is 5.01. The first-order valence-electron chi connectivity index (χ1n) is 8.35. The maximum absolute atomic E-state index is 9.17. The summed E-state index contributed by atoms with van der Waals surface area (Å²) < 4.78 is 0. The van der Waals surface area contributed by atoms with E-state index in [2.05, 4.69) is 48.3 Å². The van der Waals surface area contributed by atoms with Gasteiger partial charge in [-0.2, -0.15) is 0 Å². The van der Waals surface area contributed by atoms with Crippen LogP contribution in [0.4, 0.5) is 5.69 Å². The Balaban J connectivity index is 2.01. The van der Waals surface area contributed by atoms with E-state index in [1.54, 1.807) is 0 Å². The van der Waals surface area contributed by atoms with Crippen molar-refractivity contribution in [3.05, 3.63) is 29.8 Å². The molecule has 2 N–H and O–H groups in total. The number of benzene rings is 1. The predicted molar refractivity (Wildman–Crippen MR) is 89.6 cm³/mol. The normalized spacial score (nSPS) is 19.2. The molecule has 118 valence electrons. The van der Waals surface area contributed by atoms with E-state index in [9.17, 15) is 0 Å². The molecule has 1 heterocycles. The highest BCUT2D eigenvalue weighted by Crippen LogP contribution is 2.27. The van der Waals surface area contributed by atoms with Crippen molar-refractivity contribution in [1.82, 2.24) is 5.32 Å². The van der Waals surface area contributed by atoms with Crippen molar-refractivity contribution in [2.24, 2.45) is 11.8 Å². The third-order valence-electron chi connectivity index (χ3n) is 4.26. The van der Waals surface area contributed by atoms with Gasteiger partial charge in [-0.15, -0.1) is 0 Å². The van der Waals surface area contributed by atoms with Gasteiger partial charge in [0.1, 0.15) is 0 Å². The van der Waals surface area contributed by atoms with E-state index < -0.39 is 0 Å². The highest BCUT2D eigenvalue weighted by atomic mass is 16.3. The molecule has 1 aromatic carbocycles. The number of nitrogens with zero attached hydrogens (tertiary/aromatic N) is 1. The number of nitrogens with one attached hydrogen (secondary N) is 1. The van der Waals surface area contributed by atoms with Crippen LogP contribution in [0.5, 0.6) is 0 Å². The molecule has 1 saturated heterocycles. The topological polar surface area (TPSA) is 35.5 Å². The predicted octanol–water partition coefficient (Wildman–Crippen LogP) is 3.03. The van der Waals surface area contributed by atoms with E-state index in [1.165, 1.54) is 24.1 Å². The molecule has 0 radical (unpaired) electrons. The van der Waals surface area contributed by atoms with Gasteiger partial charge in [-0.1, -0.05) is 32.0 Å². The zero-order chi connectivity index (χ0) is 15.1. The summed E-state index contributed by atoms with van der Waals surface area (Å²) in [6.45, 7) is 9.02. The minimum Gasteiger partial charge on any atom is -0.396 e. The average molecular weight is 290 g/mol. The van der Waals surface area contributed by atoms with Crippen LogP contribution in [0.1, 0.15) is 38.7 Å². The van der Waals surface area contributed by atoms with Crippen LogP contribution in [0.3, 0.4) is 0 Å². The molecule has 1 aliphatic rings. The number of anilines is 1. The lowest BCUT2D eigenvalue weighted by molar-refractivity contribution is 0.244. The van der Waals surface area contributed by atoms with E-state index in [1.807, 2.05) is 0 Å². The lowest BCUT2D eigenvalue weighted by Gasteiger charge is -2.35. The van der Waals surface area contributed by atoms with Crippen LogP contribution in [0.15, 0.2) is 24.3 Å². The van der Waals surface area contributed by atoms with Gasteiger partial charge in [0.25, 0.3) is 0 Å². The summed E-state index contributed by atoms with van der Waals surface area (Å²) in [5, 5.41) is 12.7. The van der Waals surface area contributed by atoms with Crippen LogP contribution in [0, 0.1) is 11.8 Å². The molecule has 0 spiro atoms. The van der Waals surface area contributed by atoms with Gasteiger partial charge in [0.15, 0.2) is 0 Å². The molecule has 0 aliphatic carbocycles.